The second-order valence-corrected chi connectivity index (χ2v) is 7.32. The number of aromatic hydroxyl groups is 1. The third-order valence-electron chi connectivity index (χ3n) is 5.13. The van der Waals surface area contributed by atoms with Gasteiger partial charge in [-0.15, -0.1) is 0 Å². The number of ether oxygens (including phenoxy) is 1. The van der Waals surface area contributed by atoms with E-state index in [-0.39, 0.29) is 29.7 Å². The molecule has 0 bridgehead atoms. The summed E-state index contributed by atoms with van der Waals surface area (Å²) in [7, 11) is 0. The number of phenols is 1. The number of phenolic OH excluding ortho intramolecular Hbond substituents is 1. The zero-order valence-electron chi connectivity index (χ0n) is 17.3. The Bertz CT molecular complexity index is 1110. The lowest BCUT2D eigenvalue weighted by atomic mass is 10.1. The lowest BCUT2D eigenvalue weighted by Gasteiger charge is -2.26. The minimum atomic E-state index is -0.455. The molecule has 1 aromatic heterocycles. The van der Waals surface area contributed by atoms with Crippen LogP contribution in [-0.2, 0) is 11.3 Å². The maximum Gasteiger partial charge on any atom is 0.274 e. The van der Waals surface area contributed by atoms with Gasteiger partial charge in [-0.25, -0.2) is 9.97 Å². The molecule has 9 heteroatoms. The summed E-state index contributed by atoms with van der Waals surface area (Å²) >= 11 is 0. The monoisotopic (exact) mass is 433 g/mol. The molecule has 0 radical (unpaired) electrons. The molecule has 1 fully saturated rings. The Hall–Kier alpha value is -3.98. The topological polar surface area (TPSA) is 131 Å². The highest BCUT2D eigenvalue weighted by Crippen LogP contribution is 2.20. The Labute approximate surface area is 184 Å². The fraction of sp³-hybridized carbons (Fsp3) is 0.217. The number of amides is 2. The number of carbonyl (C=O) groups excluding carboxylic acids is 2. The van der Waals surface area contributed by atoms with E-state index in [1.807, 2.05) is 0 Å². The van der Waals surface area contributed by atoms with E-state index in [1.165, 1.54) is 6.20 Å². The number of morpholine rings is 1. The van der Waals surface area contributed by atoms with Crippen LogP contribution >= 0.6 is 0 Å². The van der Waals surface area contributed by atoms with E-state index in [4.69, 9.17) is 10.5 Å². The van der Waals surface area contributed by atoms with Crippen molar-refractivity contribution < 1.29 is 19.4 Å². The molecule has 2 aromatic carbocycles. The van der Waals surface area contributed by atoms with Gasteiger partial charge in [0, 0.05) is 30.8 Å². The van der Waals surface area contributed by atoms with Gasteiger partial charge in [0.15, 0.2) is 11.5 Å². The lowest BCUT2D eigenvalue weighted by Crippen LogP contribution is -2.40. The molecule has 0 unspecified atom stereocenters. The molecule has 0 atom stereocenters. The van der Waals surface area contributed by atoms with Gasteiger partial charge >= 0.3 is 0 Å². The number of hydrogen-bond acceptors (Lipinski definition) is 7. The highest BCUT2D eigenvalue weighted by atomic mass is 16.5. The molecule has 9 nitrogen and oxygen atoms in total. The molecule has 0 saturated carbocycles. The highest BCUT2D eigenvalue weighted by molar-refractivity contribution is 5.97. The van der Waals surface area contributed by atoms with Gasteiger partial charge in [0.1, 0.15) is 5.75 Å². The number of nitrogens with one attached hydrogen (secondary N) is 1. The minimum Gasteiger partial charge on any atom is -0.508 e. The summed E-state index contributed by atoms with van der Waals surface area (Å²) in [5.74, 6) is -0.321. The quantitative estimate of drug-likeness (QED) is 0.559. The molecular weight excluding hydrogens is 410 g/mol. The first-order chi connectivity index (χ1) is 15.5. The van der Waals surface area contributed by atoms with E-state index in [2.05, 4.69) is 15.3 Å². The molecule has 1 aliphatic heterocycles. The Morgan fingerprint density at radius 1 is 1.06 bits per heavy atom. The van der Waals surface area contributed by atoms with E-state index in [9.17, 15) is 14.7 Å². The fourth-order valence-electron chi connectivity index (χ4n) is 3.32. The average Bonchev–Trinajstić information content (AvgIpc) is 2.84. The van der Waals surface area contributed by atoms with Crippen molar-refractivity contribution in [2.75, 3.05) is 32.0 Å². The molecule has 2 heterocycles. The van der Waals surface area contributed by atoms with Crippen LogP contribution < -0.4 is 11.1 Å². The van der Waals surface area contributed by atoms with Crippen molar-refractivity contribution in [3.8, 4) is 17.0 Å². The molecule has 164 valence electrons. The van der Waals surface area contributed by atoms with Crippen LogP contribution in [0.4, 0.5) is 5.82 Å². The van der Waals surface area contributed by atoms with E-state index in [1.54, 1.807) is 53.4 Å². The van der Waals surface area contributed by atoms with Crippen LogP contribution in [0, 0.1) is 0 Å². The number of rotatable bonds is 5. The summed E-state index contributed by atoms with van der Waals surface area (Å²) in [6.45, 7) is 2.49. The lowest BCUT2D eigenvalue weighted by molar-refractivity contribution is 0.0303. The Morgan fingerprint density at radius 2 is 1.75 bits per heavy atom. The molecule has 32 heavy (non-hydrogen) atoms. The van der Waals surface area contributed by atoms with Crippen LogP contribution in [0.1, 0.15) is 26.4 Å². The average molecular weight is 433 g/mol. The van der Waals surface area contributed by atoms with E-state index >= 15 is 0 Å². The van der Waals surface area contributed by atoms with Gasteiger partial charge in [0.25, 0.3) is 11.8 Å². The molecule has 3 aromatic rings. The van der Waals surface area contributed by atoms with Crippen molar-refractivity contribution in [1.29, 1.82) is 0 Å². The van der Waals surface area contributed by atoms with Gasteiger partial charge in [-0.1, -0.05) is 24.3 Å². The van der Waals surface area contributed by atoms with Crippen LogP contribution in [-0.4, -0.2) is 58.1 Å². The van der Waals surface area contributed by atoms with Crippen molar-refractivity contribution in [3.05, 3.63) is 71.5 Å². The molecule has 1 aliphatic rings. The number of nitrogen functional groups attached to an aromatic ring is 1. The van der Waals surface area contributed by atoms with E-state index in [0.29, 0.717) is 43.1 Å². The zero-order valence-corrected chi connectivity index (χ0v) is 17.3. The number of anilines is 1. The van der Waals surface area contributed by atoms with Crippen LogP contribution in [0.2, 0.25) is 0 Å². The van der Waals surface area contributed by atoms with Gasteiger partial charge in [-0.2, -0.15) is 0 Å². The van der Waals surface area contributed by atoms with Crippen molar-refractivity contribution in [2.45, 2.75) is 6.54 Å². The summed E-state index contributed by atoms with van der Waals surface area (Å²) in [5, 5.41) is 12.1. The van der Waals surface area contributed by atoms with Gasteiger partial charge in [0.2, 0.25) is 0 Å². The molecule has 2 amide bonds. The van der Waals surface area contributed by atoms with E-state index < -0.39 is 5.91 Å². The minimum absolute atomic E-state index is 0.0229. The predicted octanol–water partition coefficient (Wildman–Crippen LogP) is 1.83. The van der Waals surface area contributed by atoms with Crippen molar-refractivity contribution in [3.63, 3.8) is 0 Å². The van der Waals surface area contributed by atoms with Crippen LogP contribution in [0.5, 0.6) is 5.75 Å². The summed E-state index contributed by atoms with van der Waals surface area (Å²) in [6.07, 6.45) is 1.49. The fourth-order valence-corrected chi connectivity index (χ4v) is 3.32. The number of carbonyl (C=O) groups is 2. The highest BCUT2D eigenvalue weighted by Gasteiger charge is 2.19. The van der Waals surface area contributed by atoms with Crippen molar-refractivity contribution in [2.24, 2.45) is 0 Å². The largest absolute Gasteiger partial charge is 0.508 e. The number of nitrogens with two attached hydrogens (primary N) is 1. The summed E-state index contributed by atoms with van der Waals surface area (Å²) in [4.78, 5) is 35.5. The Balaban J connectivity index is 1.47. The first kappa shape index (κ1) is 21.3. The molecule has 0 spiro atoms. The second kappa shape index (κ2) is 9.44. The smallest absolute Gasteiger partial charge is 0.274 e. The predicted molar refractivity (Wildman–Crippen MR) is 118 cm³/mol. The van der Waals surface area contributed by atoms with Crippen LogP contribution in [0.25, 0.3) is 11.3 Å². The third kappa shape index (κ3) is 4.84. The first-order valence-corrected chi connectivity index (χ1v) is 10.2. The Morgan fingerprint density at radius 3 is 2.44 bits per heavy atom. The van der Waals surface area contributed by atoms with E-state index in [0.717, 1.165) is 5.56 Å². The maximum atomic E-state index is 12.6. The SMILES string of the molecule is Nc1ncc(-c2ccc(C(=O)N3CCOCC3)cc2)nc1C(=O)NCc1ccc(O)cc1. The zero-order chi connectivity index (χ0) is 22.5. The second-order valence-electron chi connectivity index (χ2n) is 7.32. The van der Waals surface area contributed by atoms with Gasteiger partial charge in [-0.3, -0.25) is 9.59 Å². The molecular formula is C23H23N5O4. The molecule has 4 rings (SSSR count). The molecule has 1 saturated heterocycles. The number of benzene rings is 2. The van der Waals surface area contributed by atoms with Gasteiger partial charge in [0.05, 0.1) is 25.1 Å². The summed E-state index contributed by atoms with van der Waals surface area (Å²) < 4.78 is 5.29. The van der Waals surface area contributed by atoms with Crippen LogP contribution in [0.15, 0.2) is 54.7 Å². The van der Waals surface area contributed by atoms with Gasteiger partial charge < -0.3 is 25.8 Å². The molecule has 4 N–H and O–H groups in total. The number of aromatic nitrogens is 2. The first-order valence-electron chi connectivity index (χ1n) is 10.2. The van der Waals surface area contributed by atoms with Crippen LogP contribution in [0.3, 0.4) is 0 Å². The third-order valence-corrected chi connectivity index (χ3v) is 5.13. The number of hydrogen-bond donors (Lipinski definition) is 3. The van der Waals surface area contributed by atoms with Gasteiger partial charge in [-0.05, 0) is 29.8 Å². The summed E-state index contributed by atoms with van der Waals surface area (Å²) in [5.41, 5.74) is 8.48. The molecule has 0 aliphatic carbocycles. The number of nitrogens with zero attached hydrogens (tertiary/aromatic N) is 3. The normalized spacial score (nSPS) is 13.6. The Kier molecular flexibility index (Phi) is 6.27. The van der Waals surface area contributed by atoms with Crippen molar-refractivity contribution >= 4 is 17.6 Å². The van der Waals surface area contributed by atoms with Crippen molar-refractivity contribution in [1.82, 2.24) is 20.2 Å². The maximum absolute atomic E-state index is 12.6. The standard InChI is InChI=1S/C23H23N5O4/c24-21-20(22(30)26-13-15-1-7-18(29)8-2-15)27-19(14-25-21)16-3-5-17(6-4-16)23(31)28-9-11-32-12-10-28/h1-8,14,29H,9-13H2,(H2,24,25)(H,26,30). The summed E-state index contributed by atoms with van der Waals surface area (Å²) in [6, 6.07) is 13.5.